The smallest absolute Gasteiger partial charge is 0.0167 e. The molecule has 2 fully saturated rings. The SMILES string of the molecule is CC.CC1CC[C@H](C2CCCC([C@H]3C=CC=CC3)CC2)C1.CCCC(C)C. The molecule has 0 aromatic carbocycles. The topological polar surface area (TPSA) is 0 Å². The van der Waals surface area contributed by atoms with Gasteiger partial charge in [-0.2, -0.15) is 0 Å². The van der Waals surface area contributed by atoms with Crippen LogP contribution < -0.4 is 0 Å². The van der Waals surface area contributed by atoms with E-state index in [4.69, 9.17) is 0 Å². The third-order valence-electron chi connectivity index (χ3n) is 6.95. The molecule has 0 amide bonds. The quantitative estimate of drug-likeness (QED) is 0.430. The fourth-order valence-electron chi connectivity index (χ4n) is 5.46. The number of hydrogen-bond donors (Lipinski definition) is 0. The molecule has 2 saturated carbocycles. The van der Waals surface area contributed by atoms with E-state index >= 15 is 0 Å². The van der Waals surface area contributed by atoms with Gasteiger partial charge in [-0.05, 0) is 74.0 Å². The van der Waals surface area contributed by atoms with Gasteiger partial charge in [-0.3, -0.25) is 0 Å². The second kappa shape index (κ2) is 14.5. The van der Waals surface area contributed by atoms with Gasteiger partial charge in [0.05, 0.1) is 0 Å². The second-order valence-corrected chi connectivity index (χ2v) is 9.60. The summed E-state index contributed by atoms with van der Waals surface area (Å²) in [5.41, 5.74) is 0. The molecule has 0 nitrogen and oxygen atoms in total. The molecule has 3 aliphatic rings. The van der Waals surface area contributed by atoms with E-state index in [9.17, 15) is 0 Å². The maximum atomic E-state index is 2.47. The summed E-state index contributed by atoms with van der Waals surface area (Å²) in [6, 6.07) is 0. The normalized spacial score (nSPS) is 32.9. The Hall–Kier alpha value is -0.520. The summed E-state index contributed by atoms with van der Waals surface area (Å²) in [7, 11) is 0. The van der Waals surface area contributed by atoms with Crippen LogP contribution in [0.2, 0.25) is 0 Å². The zero-order chi connectivity index (χ0) is 20.1. The predicted molar refractivity (Wildman–Crippen MR) is 124 cm³/mol. The van der Waals surface area contributed by atoms with Crippen LogP contribution in [-0.4, -0.2) is 0 Å². The van der Waals surface area contributed by atoms with Crippen molar-refractivity contribution in [1.82, 2.24) is 0 Å². The van der Waals surface area contributed by atoms with Gasteiger partial charge in [0.1, 0.15) is 0 Å². The van der Waals surface area contributed by atoms with E-state index < -0.39 is 0 Å². The molecule has 0 heteroatoms. The van der Waals surface area contributed by atoms with Crippen LogP contribution in [0.3, 0.4) is 0 Å². The van der Waals surface area contributed by atoms with Crippen molar-refractivity contribution >= 4 is 0 Å². The minimum absolute atomic E-state index is 0.853. The molecule has 3 aliphatic carbocycles. The van der Waals surface area contributed by atoms with Crippen molar-refractivity contribution in [1.29, 1.82) is 0 Å². The number of rotatable bonds is 4. The van der Waals surface area contributed by atoms with Crippen LogP contribution in [0.15, 0.2) is 24.3 Å². The summed E-state index contributed by atoms with van der Waals surface area (Å²) in [5.74, 6) is 5.88. The summed E-state index contributed by atoms with van der Waals surface area (Å²) in [6.45, 7) is 13.2. The van der Waals surface area contributed by atoms with Crippen molar-refractivity contribution in [2.24, 2.45) is 35.5 Å². The van der Waals surface area contributed by atoms with E-state index in [0.717, 1.165) is 35.5 Å². The predicted octanol–water partition coefficient (Wildman–Crippen LogP) is 9.22. The van der Waals surface area contributed by atoms with Crippen molar-refractivity contribution in [3.05, 3.63) is 24.3 Å². The van der Waals surface area contributed by atoms with E-state index in [1.54, 1.807) is 0 Å². The summed E-state index contributed by atoms with van der Waals surface area (Å²) in [5, 5.41) is 0. The van der Waals surface area contributed by atoms with E-state index in [2.05, 4.69) is 52.0 Å². The first-order valence-corrected chi connectivity index (χ1v) is 12.4. The Kier molecular flexibility index (Phi) is 13.1. The van der Waals surface area contributed by atoms with Gasteiger partial charge >= 0.3 is 0 Å². The van der Waals surface area contributed by atoms with Gasteiger partial charge < -0.3 is 0 Å². The van der Waals surface area contributed by atoms with Gasteiger partial charge in [0.25, 0.3) is 0 Å². The van der Waals surface area contributed by atoms with E-state index in [1.165, 1.54) is 70.6 Å². The van der Waals surface area contributed by atoms with Crippen LogP contribution in [0.1, 0.15) is 112 Å². The van der Waals surface area contributed by atoms with Crippen molar-refractivity contribution in [3.63, 3.8) is 0 Å². The van der Waals surface area contributed by atoms with Crippen LogP contribution in [0.5, 0.6) is 0 Å². The minimum Gasteiger partial charge on any atom is -0.0840 e. The molecule has 0 saturated heterocycles. The van der Waals surface area contributed by atoms with Crippen molar-refractivity contribution in [2.75, 3.05) is 0 Å². The van der Waals surface area contributed by atoms with Crippen molar-refractivity contribution < 1.29 is 0 Å². The molecule has 0 aromatic heterocycles. The second-order valence-electron chi connectivity index (χ2n) is 9.60. The fourth-order valence-corrected chi connectivity index (χ4v) is 5.46. The highest BCUT2D eigenvalue weighted by Crippen LogP contribution is 2.43. The van der Waals surface area contributed by atoms with Crippen molar-refractivity contribution in [3.8, 4) is 0 Å². The number of hydrogen-bond acceptors (Lipinski definition) is 0. The third-order valence-corrected chi connectivity index (χ3v) is 6.95. The average Bonchev–Trinajstić information content (AvgIpc) is 2.97. The average molecular weight is 375 g/mol. The molecular formula is C27H50. The summed E-state index contributed by atoms with van der Waals surface area (Å²) in [6.07, 6.45) is 25.4. The maximum absolute atomic E-state index is 2.47. The summed E-state index contributed by atoms with van der Waals surface area (Å²) < 4.78 is 0. The Labute approximate surface area is 172 Å². The summed E-state index contributed by atoms with van der Waals surface area (Å²) in [4.78, 5) is 0. The molecule has 0 heterocycles. The lowest BCUT2D eigenvalue weighted by Crippen LogP contribution is -2.14. The molecule has 0 N–H and O–H groups in total. The van der Waals surface area contributed by atoms with Gasteiger partial charge in [-0.1, -0.05) is 98.0 Å². The van der Waals surface area contributed by atoms with E-state index in [0.29, 0.717) is 0 Å². The van der Waals surface area contributed by atoms with Gasteiger partial charge in [0.15, 0.2) is 0 Å². The van der Waals surface area contributed by atoms with E-state index in [-0.39, 0.29) is 0 Å². The Bertz CT molecular complexity index is 402. The Morgan fingerprint density at radius 3 is 2.04 bits per heavy atom. The molecule has 3 rings (SSSR count). The fraction of sp³-hybridized carbons (Fsp3) is 0.852. The van der Waals surface area contributed by atoms with Gasteiger partial charge in [0.2, 0.25) is 0 Å². The lowest BCUT2D eigenvalue weighted by Gasteiger charge is -2.25. The standard InChI is InChI=1S/C19H30.C6H14.C2H6/c1-15-10-11-19(14-15)18-9-5-8-17(12-13-18)16-6-3-2-4-7-16;1-4-5-6(2)3;1-2/h2-4,6,15-19H,5,7-14H2,1H3;6H,4-5H2,1-3H3;1-2H3/t15?,16-,17?,18?,19-;;/m0../s1. The van der Waals surface area contributed by atoms with Gasteiger partial charge in [-0.15, -0.1) is 0 Å². The van der Waals surface area contributed by atoms with E-state index in [1.807, 2.05) is 13.8 Å². The first-order chi connectivity index (χ1) is 13.1. The zero-order valence-corrected chi connectivity index (χ0v) is 19.6. The Morgan fingerprint density at radius 2 is 1.52 bits per heavy atom. The van der Waals surface area contributed by atoms with Crippen molar-refractivity contribution in [2.45, 2.75) is 112 Å². The van der Waals surface area contributed by atoms with Crippen LogP contribution in [0.25, 0.3) is 0 Å². The first kappa shape index (κ1) is 24.5. The molecule has 5 atom stereocenters. The molecule has 158 valence electrons. The highest BCUT2D eigenvalue weighted by molar-refractivity contribution is 5.11. The Balaban J connectivity index is 0.000000392. The zero-order valence-electron chi connectivity index (χ0n) is 19.6. The van der Waals surface area contributed by atoms with Crippen LogP contribution in [0, 0.1) is 35.5 Å². The molecule has 0 aliphatic heterocycles. The first-order valence-electron chi connectivity index (χ1n) is 12.4. The lowest BCUT2D eigenvalue weighted by atomic mass is 9.81. The highest BCUT2D eigenvalue weighted by Gasteiger charge is 2.31. The third kappa shape index (κ3) is 9.49. The molecule has 0 radical (unpaired) electrons. The van der Waals surface area contributed by atoms with Crippen LogP contribution in [0.4, 0.5) is 0 Å². The van der Waals surface area contributed by atoms with Crippen LogP contribution in [-0.2, 0) is 0 Å². The lowest BCUT2D eigenvalue weighted by molar-refractivity contribution is 0.285. The molecule has 27 heavy (non-hydrogen) atoms. The molecule has 0 spiro atoms. The monoisotopic (exact) mass is 374 g/mol. The molecule has 0 bridgehead atoms. The molecule has 3 unspecified atom stereocenters. The number of allylic oxidation sites excluding steroid dienone is 4. The molecular weight excluding hydrogens is 324 g/mol. The maximum Gasteiger partial charge on any atom is -0.0167 e. The van der Waals surface area contributed by atoms with Crippen LogP contribution >= 0.6 is 0 Å². The van der Waals surface area contributed by atoms with Gasteiger partial charge in [0, 0.05) is 0 Å². The minimum atomic E-state index is 0.853. The largest absolute Gasteiger partial charge is 0.0840 e. The molecule has 0 aromatic rings. The Morgan fingerprint density at radius 1 is 0.852 bits per heavy atom. The highest BCUT2D eigenvalue weighted by atomic mass is 14.4. The van der Waals surface area contributed by atoms with Gasteiger partial charge in [-0.25, -0.2) is 0 Å². The summed E-state index contributed by atoms with van der Waals surface area (Å²) >= 11 is 0.